The zero-order valence-corrected chi connectivity index (χ0v) is 20.8. The van der Waals surface area contributed by atoms with Gasteiger partial charge in [-0.25, -0.2) is 0 Å². The number of fused-ring (bicyclic) bond motifs is 1. The SMILES string of the molecule is Cc1cc2c(cc1-c1cc(/C=C3\SC(=O)NC3=O)ccc1CC(F)(F)F)C(C)(C)CCC2(C)C. The molecule has 3 nitrogen and oxygen atoms in total. The molecule has 1 fully saturated rings. The molecular weight excluding hydrogens is 459 g/mol. The number of carbonyl (C=O) groups excluding carboxylic acids is 2. The molecule has 2 aromatic carbocycles. The van der Waals surface area contributed by atoms with E-state index >= 15 is 0 Å². The van der Waals surface area contributed by atoms with Gasteiger partial charge in [-0.1, -0.05) is 52.0 Å². The Bertz CT molecular complexity index is 1230. The van der Waals surface area contributed by atoms with Crippen LogP contribution in [-0.4, -0.2) is 17.3 Å². The van der Waals surface area contributed by atoms with Gasteiger partial charge in [0.2, 0.25) is 0 Å². The Hall–Kier alpha value is -2.54. The average molecular weight is 488 g/mol. The summed E-state index contributed by atoms with van der Waals surface area (Å²) in [5.41, 5.74) is 5.27. The first-order valence-electron chi connectivity index (χ1n) is 11.3. The molecule has 2 aliphatic rings. The van der Waals surface area contributed by atoms with Crippen molar-refractivity contribution in [1.82, 2.24) is 5.32 Å². The normalized spacial score (nSPS) is 20.4. The lowest BCUT2D eigenvalue weighted by Crippen LogP contribution is -2.34. The van der Waals surface area contributed by atoms with Gasteiger partial charge in [0.25, 0.3) is 11.1 Å². The van der Waals surface area contributed by atoms with E-state index < -0.39 is 23.7 Å². The van der Waals surface area contributed by atoms with Crippen molar-refractivity contribution in [2.24, 2.45) is 0 Å². The van der Waals surface area contributed by atoms with Crippen molar-refractivity contribution in [2.75, 3.05) is 0 Å². The summed E-state index contributed by atoms with van der Waals surface area (Å²) in [6.07, 6.45) is -1.80. The fourth-order valence-electron chi connectivity index (χ4n) is 4.89. The van der Waals surface area contributed by atoms with E-state index in [4.69, 9.17) is 0 Å². The number of thioether (sulfide) groups is 1. The predicted octanol–water partition coefficient (Wildman–Crippen LogP) is 7.44. The molecule has 1 heterocycles. The van der Waals surface area contributed by atoms with Gasteiger partial charge >= 0.3 is 6.18 Å². The van der Waals surface area contributed by atoms with Gasteiger partial charge in [0.15, 0.2) is 0 Å². The third-order valence-electron chi connectivity index (χ3n) is 6.95. The minimum atomic E-state index is -4.36. The van der Waals surface area contributed by atoms with Crippen LogP contribution in [-0.2, 0) is 22.0 Å². The zero-order chi connectivity index (χ0) is 25.1. The first-order chi connectivity index (χ1) is 15.7. The average Bonchev–Trinajstić information content (AvgIpc) is 3.02. The van der Waals surface area contributed by atoms with Gasteiger partial charge in [-0.3, -0.25) is 14.9 Å². The van der Waals surface area contributed by atoms with Crippen molar-refractivity contribution in [3.63, 3.8) is 0 Å². The fourth-order valence-corrected chi connectivity index (χ4v) is 5.57. The molecule has 1 saturated heterocycles. The van der Waals surface area contributed by atoms with Gasteiger partial charge < -0.3 is 0 Å². The molecule has 2 aromatic rings. The molecule has 0 radical (unpaired) electrons. The molecule has 1 aliphatic carbocycles. The lowest BCUT2D eigenvalue weighted by molar-refractivity contribution is -0.127. The number of hydrogen-bond acceptors (Lipinski definition) is 3. The second-order valence-electron chi connectivity index (χ2n) is 10.5. The van der Waals surface area contributed by atoms with Gasteiger partial charge in [-0.2, -0.15) is 13.2 Å². The molecule has 0 spiro atoms. The van der Waals surface area contributed by atoms with Crippen molar-refractivity contribution < 1.29 is 22.8 Å². The van der Waals surface area contributed by atoms with E-state index in [1.54, 1.807) is 18.2 Å². The standard InChI is InChI=1S/C27H28F3NO2S/c1-15-10-20-21(26(4,5)9-8-25(20,2)3)13-18(15)19-11-16(6-7-17(19)14-27(28,29)30)12-22-23(32)31-24(33)34-22/h6-7,10-13H,8-9,14H2,1-5H3,(H,31,32,33)/b22-12-. The second-order valence-corrected chi connectivity index (χ2v) is 11.6. The molecular formula is C27H28F3NO2S. The van der Waals surface area contributed by atoms with Crippen LogP contribution in [0.2, 0.25) is 0 Å². The number of benzene rings is 2. The smallest absolute Gasteiger partial charge is 0.282 e. The summed E-state index contributed by atoms with van der Waals surface area (Å²) in [6, 6.07) is 8.93. The highest BCUT2D eigenvalue weighted by atomic mass is 32.2. The van der Waals surface area contributed by atoms with Gasteiger partial charge in [-0.05, 0) is 93.4 Å². The van der Waals surface area contributed by atoms with Crippen LogP contribution in [0.5, 0.6) is 0 Å². The van der Waals surface area contributed by atoms with Crippen molar-refractivity contribution in [1.29, 1.82) is 0 Å². The zero-order valence-electron chi connectivity index (χ0n) is 19.9. The van der Waals surface area contributed by atoms with Gasteiger partial charge in [0.1, 0.15) is 0 Å². The lowest BCUT2D eigenvalue weighted by Gasteiger charge is -2.42. The Labute approximate surface area is 202 Å². The first-order valence-corrected chi connectivity index (χ1v) is 12.1. The fraction of sp³-hybridized carbons (Fsp3) is 0.407. The molecule has 0 aromatic heterocycles. The summed E-state index contributed by atoms with van der Waals surface area (Å²) >= 11 is 0.787. The minimum absolute atomic E-state index is 0.00515. The molecule has 180 valence electrons. The van der Waals surface area contributed by atoms with Crippen LogP contribution in [0.15, 0.2) is 35.2 Å². The largest absolute Gasteiger partial charge is 0.393 e. The summed E-state index contributed by atoms with van der Waals surface area (Å²) in [5.74, 6) is -0.495. The van der Waals surface area contributed by atoms with E-state index in [0.717, 1.165) is 35.7 Å². The topological polar surface area (TPSA) is 46.2 Å². The van der Waals surface area contributed by atoms with Crippen LogP contribution in [0, 0.1) is 6.92 Å². The lowest BCUT2D eigenvalue weighted by atomic mass is 9.62. The molecule has 1 aliphatic heterocycles. The monoisotopic (exact) mass is 487 g/mol. The van der Waals surface area contributed by atoms with E-state index in [-0.39, 0.29) is 21.3 Å². The molecule has 4 rings (SSSR count). The summed E-state index contributed by atoms with van der Waals surface area (Å²) in [5, 5.41) is 1.75. The molecule has 1 N–H and O–H groups in total. The Balaban J connectivity index is 1.91. The van der Waals surface area contributed by atoms with Crippen molar-refractivity contribution in [3.8, 4) is 11.1 Å². The highest BCUT2D eigenvalue weighted by molar-refractivity contribution is 8.18. The van der Waals surface area contributed by atoms with E-state index in [0.29, 0.717) is 11.1 Å². The van der Waals surface area contributed by atoms with Crippen molar-refractivity contribution >= 4 is 29.0 Å². The summed E-state index contributed by atoms with van der Waals surface area (Å²) < 4.78 is 40.4. The highest BCUT2D eigenvalue weighted by Crippen LogP contribution is 2.48. The van der Waals surface area contributed by atoms with Crippen LogP contribution in [0.1, 0.15) is 68.4 Å². The van der Waals surface area contributed by atoms with E-state index in [9.17, 15) is 22.8 Å². The Morgan fingerprint density at radius 1 is 0.971 bits per heavy atom. The third kappa shape index (κ3) is 4.81. The van der Waals surface area contributed by atoms with Gasteiger partial charge in [0, 0.05) is 0 Å². The molecule has 2 amide bonds. The molecule has 7 heteroatoms. The molecule has 0 unspecified atom stereocenters. The maximum absolute atomic E-state index is 13.5. The molecule has 0 bridgehead atoms. The Morgan fingerprint density at radius 2 is 1.59 bits per heavy atom. The van der Waals surface area contributed by atoms with Crippen LogP contribution in [0.25, 0.3) is 17.2 Å². The van der Waals surface area contributed by atoms with Crippen LogP contribution >= 0.6 is 11.8 Å². The van der Waals surface area contributed by atoms with E-state index in [2.05, 4.69) is 45.1 Å². The number of alkyl halides is 3. The predicted molar refractivity (Wildman–Crippen MR) is 131 cm³/mol. The summed E-state index contributed by atoms with van der Waals surface area (Å²) in [7, 11) is 0. The third-order valence-corrected chi connectivity index (χ3v) is 7.76. The number of rotatable bonds is 3. The molecule has 0 atom stereocenters. The Kier molecular flexibility index (Phi) is 6.00. The quantitative estimate of drug-likeness (QED) is 0.458. The van der Waals surface area contributed by atoms with E-state index in [1.165, 1.54) is 17.2 Å². The number of amides is 2. The minimum Gasteiger partial charge on any atom is -0.282 e. The van der Waals surface area contributed by atoms with Crippen LogP contribution < -0.4 is 5.32 Å². The van der Waals surface area contributed by atoms with Crippen LogP contribution in [0.3, 0.4) is 0 Å². The van der Waals surface area contributed by atoms with E-state index in [1.807, 2.05) is 6.92 Å². The molecule has 34 heavy (non-hydrogen) atoms. The number of hydrogen-bond donors (Lipinski definition) is 1. The van der Waals surface area contributed by atoms with Crippen molar-refractivity contribution in [2.45, 2.75) is 70.9 Å². The van der Waals surface area contributed by atoms with Gasteiger partial charge in [-0.15, -0.1) is 0 Å². The summed E-state index contributed by atoms with van der Waals surface area (Å²) in [4.78, 5) is 23.7. The Morgan fingerprint density at radius 3 is 2.15 bits per heavy atom. The highest BCUT2D eigenvalue weighted by Gasteiger charge is 2.38. The van der Waals surface area contributed by atoms with Crippen molar-refractivity contribution in [3.05, 3.63) is 63.1 Å². The first kappa shape index (κ1) is 24.6. The molecule has 0 saturated carbocycles. The number of nitrogens with one attached hydrogen (secondary N) is 1. The maximum atomic E-state index is 13.5. The summed E-state index contributed by atoms with van der Waals surface area (Å²) in [6.45, 7) is 10.7. The number of halogens is 3. The second kappa shape index (κ2) is 8.29. The number of carbonyl (C=O) groups is 2. The number of aryl methyl sites for hydroxylation is 1. The number of imide groups is 1. The van der Waals surface area contributed by atoms with Gasteiger partial charge in [0.05, 0.1) is 11.3 Å². The maximum Gasteiger partial charge on any atom is 0.393 e. The van der Waals surface area contributed by atoms with Crippen LogP contribution in [0.4, 0.5) is 18.0 Å².